The van der Waals surface area contributed by atoms with E-state index in [1.807, 2.05) is 0 Å². The van der Waals surface area contributed by atoms with Crippen molar-refractivity contribution in [2.24, 2.45) is 0 Å². The molecule has 0 amide bonds. The molecule has 2 N–H and O–H groups in total. The molecule has 0 saturated carbocycles. The van der Waals surface area contributed by atoms with Crippen molar-refractivity contribution < 1.29 is 10.0 Å². The molecule has 0 bridgehead atoms. The topological polar surface area (TPSA) is 75.4 Å². The maximum atomic E-state index is 10.4. The van der Waals surface area contributed by atoms with Crippen molar-refractivity contribution in [2.45, 2.75) is 0 Å². The highest BCUT2D eigenvalue weighted by Gasteiger charge is 2.19. The Kier molecular flexibility index (Phi) is 7.29. The van der Waals surface area contributed by atoms with Gasteiger partial charge in [-0.2, -0.15) is 0 Å². The van der Waals surface area contributed by atoms with Gasteiger partial charge in [0.2, 0.25) is 0 Å². The molecule has 0 atom stereocenters. The van der Waals surface area contributed by atoms with Crippen molar-refractivity contribution in [3.8, 4) is 0 Å². The summed E-state index contributed by atoms with van der Waals surface area (Å²) in [7, 11) is 0. The van der Waals surface area contributed by atoms with Crippen LogP contribution in [0.25, 0.3) is 0 Å². The normalized spacial score (nSPS) is 11.8. The first-order chi connectivity index (χ1) is 6.91. The number of hydrogen-bond donors (Lipinski definition) is 2. The summed E-state index contributed by atoms with van der Waals surface area (Å²) in [5, 5.41) is 20.8. The maximum absolute atomic E-state index is 10.4. The maximum Gasteiger partial charge on any atom is 0.361 e. The number of nitrogens with one attached hydrogen (secondary N) is 1. The molecule has 0 rings (SSSR count). The third-order valence-corrected chi connectivity index (χ3v) is 3.12. The molecule has 0 spiro atoms. The predicted octanol–water partition coefficient (Wildman–Crippen LogP) is 2.29. The second-order valence-corrected chi connectivity index (χ2v) is 4.25. The lowest BCUT2D eigenvalue weighted by Crippen LogP contribution is -2.20. The van der Waals surface area contributed by atoms with Gasteiger partial charge in [0.05, 0.1) is 16.0 Å². The van der Waals surface area contributed by atoms with E-state index in [0.29, 0.717) is 0 Å². The minimum Gasteiger partial charge on any atom is -0.395 e. The average molecular weight is 340 g/mol. The lowest BCUT2D eigenvalue weighted by atomic mass is 10.4. The van der Waals surface area contributed by atoms with E-state index in [2.05, 4.69) is 21.2 Å². The highest BCUT2D eigenvalue weighted by molar-refractivity contribution is 9.12. The van der Waals surface area contributed by atoms with E-state index in [-0.39, 0.29) is 27.8 Å². The zero-order valence-corrected chi connectivity index (χ0v) is 11.0. The summed E-state index contributed by atoms with van der Waals surface area (Å²) in [5.41, 5.74) is -0.0873. The summed E-state index contributed by atoms with van der Waals surface area (Å²) in [6.45, 7) is -0.138. The number of rotatable bonds is 5. The average Bonchev–Trinajstić information content (AvgIpc) is 2.17. The van der Waals surface area contributed by atoms with Crippen molar-refractivity contribution in [1.29, 1.82) is 0 Å². The van der Waals surface area contributed by atoms with Crippen LogP contribution in [0.3, 0.4) is 0 Å². The SMILES string of the molecule is O=[N+]([O-])/C(Cl)=C(\NCCO)C(Br)=C(Cl)Cl. The lowest BCUT2D eigenvalue weighted by Gasteiger charge is -2.07. The largest absolute Gasteiger partial charge is 0.395 e. The van der Waals surface area contributed by atoms with Gasteiger partial charge in [-0.3, -0.25) is 10.1 Å². The lowest BCUT2D eigenvalue weighted by molar-refractivity contribution is -0.413. The van der Waals surface area contributed by atoms with Crippen molar-refractivity contribution >= 4 is 50.7 Å². The highest BCUT2D eigenvalue weighted by atomic mass is 79.9. The van der Waals surface area contributed by atoms with E-state index >= 15 is 0 Å². The molecule has 0 heterocycles. The van der Waals surface area contributed by atoms with Crippen LogP contribution < -0.4 is 5.32 Å². The molecule has 0 unspecified atom stereocenters. The number of aliphatic hydroxyl groups excluding tert-OH is 1. The first kappa shape index (κ1) is 15.0. The first-order valence-corrected chi connectivity index (χ1v) is 5.44. The van der Waals surface area contributed by atoms with E-state index < -0.39 is 10.1 Å². The Morgan fingerprint density at radius 2 is 2.00 bits per heavy atom. The molecular formula is C6H6BrCl3N2O3. The Morgan fingerprint density at radius 1 is 1.47 bits per heavy atom. The van der Waals surface area contributed by atoms with E-state index in [1.165, 1.54) is 0 Å². The van der Waals surface area contributed by atoms with Crippen molar-refractivity contribution in [2.75, 3.05) is 13.2 Å². The van der Waals surface area contributed by atoms with Gasteiger partial charge in [0.1, 0.15) is 10.2 Å². The molecule has 15 heavy (non-hydrogen) atoms. The van der Waals surface area contributed by atoms with Crippen LogP contribution in [0, 0.1) is 10.1 Å². The Hall–Kier alpha value is -0.0100. The van der Waals surface area contributed by atoms with Crippen LogP contribution in [0.15, 0.2) is 19.8 Å². The molecule has 0 radical (unpaired) electrons. The number of nitro groups is 1. The summed E-state index contributed by atoms with van der Waals surface area (Å²) < 4.78 is -0.156. The number of hydrogen-bond acceptors (Lipinski definition) is 4. The molecule has 86 valence electrons. The molecule has 0 aliphatic heterocycles. The molecule has 0 aromatic heterocycles. The summed E-state index contributed by atoms with van der Waals surface area (Å²) in [6.07, 6.45) is 0. The van der Waals surface area contributed by atoms with Gasteiger partial charge in [-0.1, -0.05) is 23.2 Å². The van der Waals surface area contributed by atoms with Crippen LogP contribution in [0.5, 0.6) is 0 Å². The Labute approximate surface area is 109 Å². The second-order valence-electron chi connectivity index (χ2n) is 2.15. The molecule has 9 heteroatoms. The molecule has 0 fully saturated rings. The van der Waals surface area contributed by atoms with Gasteiger partial charge in [-0.05, 0) is 27.5 Å². The van der Waals surface area contributed by atoms with Gasteiger partial charge in [0.15, 0.2) is 0 Å². The van der Waals surface area contributed by atoms with Crippen LogP contribution in [0.1, 0.15) is 0 Å². The molecule has 0 aliphatic rings. The molecule has 0 aliphatic carbocycles. The zero-order valence-electron chi connectivity index (χ0n) is 7.14. The number of nitrogens with zero attached hydrogens (tertiary/aromatic N) is 1. The van der Waals surface area contributed by atoms with Gasteiger partial charge < -0.3 is 10.4 Å². The van der Waals surface area contributed by atoms with E-state index in [9.17, 15) is 10.1 Å². The third-order valence-electron chi connectivity index (χ3n) is 1.17. The van der Waals surface area contributed by atoms with Gasteiger partial charge in [0, 0.05) is 6.54 Å². The van der Waals surface area contributed by atoms with Gasteiger partial charge in [-0.15, -0.1) is 0 Å². The van der Waals surface area contributed by atoms with E-state index in [0.717, 1.165) is 0 Å². The second kappa shape index (κ2) is 7.29. The quantitative estimate of drug-likeness (QED) is 0.348. The summed E-state index contributed by atoms with van der Waals surface area (Å²) >= 11 is 19.2. The third kappa shape index (κ3) is 5.03. The predicted molar refractivity (Wildman–Crippen MR) is 62.6 cm³/mol. The molecule has 0 saturated heterocycles. The van der Waals surface area contributed by atoms with Crippen LogP contribution in [0.4, 0.5) is 0 Å². The summed E-state index contributed by atoms with van der Waals surface area (Å²) in [4.78, 5) is 9.61. The zero-order chi connectivity index (χ0) is 12.0. The first-order valence-electron chi connectivity index (χ1n) is 3.51. The molecule has 5 nitrogen and oxygen atoms in total. The van der Waals surface area contributed by atoms with Gasteiger partial charge >= 0.3 is 5.16 Å². The van der Waals surface area contributed by atoms with Crippen LogP contribution in [-0.4, -0.2) is 23.2 Å². The number of allylic oxidation sites excluding steroid dienone is 1. The monoisotopic (exact) mass is 338 g/mol. The Balaban J connectivity index is 5.15. The summed E-state index contributed by atoms with van der Waals surface area (Å²) in [6, 6.07) is 0. The minimum absolute atomic E-state index is 0.0565. The molecule has 0 aromatic rings. The van der Waals surface area contributed by atoms with Crippen LogP contribution in [-0.2, 0) is 0 Å². The smallest absolute Gasteiger partial charge is 0.361 e. The molecular weight excluding hydrogens is 334 g/mol. The standard InChI is InChI=1S/C6H6BrCl3N2O3/c7-3(5(8)9)4(11-1-2-13)6(10)12(14)15/h11,13H,1-2H2/b6-4-. The fourth-order valence-electron chi connectivity index (χ4n) is 0.608. The summed E-state index contributed by atoms with van der Waals surface area (Å²) in [5.74, 6) is 0. The van der Waals surface area contributed by atoms with E-state index in [4.69, 9.17) is 39.9 Å². The van der Waals surface area contributed by atoms with Crippen LogP contribution in [0.2, 0.25) is 0 Å². The van der Waals surface area contributed by atoms with E-state index in [1.54, 1.807) is 0 Å². The highest BCUT2D eigenvalue weighted by Crippen LogP contribution is 2.28. The van der Waals surface area contributed by atoms with Gasteiger partial charge in [-0.25, -0.2) is 0 Å². The number of aliphatic hydroxyl groups is 1. The van der Waals surface area contributed by atoms with Crippen LogP contribution >= 0.6 is 50.7 Å². The van der Waals surface area contributed by atoms with Crippen molar-refractivity contribution in [1.82, 2.24) is 5.32 Å². The van der Waals surface area contributed by atoms with Crippen molar-refractivity contribution in [3.05, 3.63) is 29.9 Å². The Morgan fingerprint density at radius 3 is 2.33 bits per heavy atom. The van der Waals surface area contributed by atoms with Gasteiger partial charge in [0.25, 0.3) is 0 Å². The fourth-order valence-corrected chi connectivity index (χ4v) is 1.40. The fraction of sp³-hybridized carbons (Fsp3) is 0.333. The van der Waals surface area contributed by atoms with Crippen molar-refractivity contribution in [3.63, 3.8) is 0 Å². The Bertz CT molecular complexity index is 315. The minimum atomic E-state index is -0.806. The molecule has 0 aromatic carbocycles. The number of halogens is 4.